The van der Waals surface area contributed by atoms with Gasteiger partial charge in [0.2, 0.25) is 0 Å². The van der Waals surface area contributed by atoms with Crippen molar-refractivity contribution < 1.29 is 9.53 Å². The van der Waals surface area contributed by atoms with Crippen molar-refractivity contribution in [3.05, 3.63) is 67.1 Å². The number of benzene rings is 2. The zero-order valence-electron chi connectivity index (χ0n) is 12.3. The van der Waals surface area contributed by atoms with Gasteiger partial charge in [0.15, 0.2) is 4.77 Å². The van der Waals surface area contributed by atoms with Crippen molar-refractivity contribution in [2.45, 2.75) is 0 Å². The van der Waals surface area contributed by atoms with Crippen LogP contribution in [0.15, 0.2) is 41.2 Å². The van der Waals surface area contributed by atoms with Gasteiger partial charge in [-0.2, -0.15) is 0 Å². The van der Waals surface area contributed by atoms with E-state index in [9.17, 15) is 9.59 Å². The lowest BCUT2D eigenvalue weighted by atomic mass is 10.2. The lowest BCUT2D eigenvalue weighted by Gasteiger charge is -2.10. The quantitative estimate of drug-likeness (QED) is 0.680. The van der Waals surface area contributed by atoms with E-state index in [0.717, 1.165) is 4.57 Å². The Morgan fingerprint density at radius 3 is 2.67 bits per heavy atom. The van der Waals surface area contributed by atoms with Crippen LogP contribution in [0.25, 0.3) is 10.9 Å². The Morgan fingerprint density at radius 2 is 1.96 bits per heavy atom. The van der Waals surface area contributed by atoms with Crippen molar-refractivity contribution >= 4 is 52.2 Å². The molecule has 0 radical (unpaired) electrons. The minimum atomic E-state index is -0.603. The maximum Gasteiger partial charge on any atom is 0.270 e. The van der Waals surface area contributed by atoms with Crippen LogP contribution >= 0.6 is 35.4 Å². The number of aromatic nitrogens is 2. The first kappa shape index (κ1) is 16.7. The lowest BCUT2D eigenvalue weighted by Crippen LogP contribution is -2.29. The topological polar surface area (TPSA) is 64.1 Å². The van der Waals surface area contributed by atoms with Gasteiger partial charge in [-0.05, 0) is 36.5 Å². The first-order valence-corrected chi connectivity index (χ1v) is 7.92. The number of rotatable bonds is 2. The molecule has 0 saturated heterocycles. The first-order chi connectivity index (χ1) is 11.4. The Hall–Kier alpha value is -2.15. The standard InChI is InChI=1S/C16H10Cl2N2O3S/c1-23-12-5-3-2-4-9(12)14(21)20-15(22)10-6-8(17)7-11(18)13(10)19-16(20)24/h2-7H,1H3,(H,19,24). The summed E-state index contributed by atoms with van der Waals surface area (Å²) in [6.07, 6.45) is 0. The summed E-state index contributed by atoms with van der Waals surface area (Å²) in [6, 6.07) is 9.49. The van der Waals surface area contributed by atoms with Gasteiger partial charge in [-0.1, -0.05) is 35.3 Å². The molecular formula is C16H10Cl2N2O3S. The van der Waals surface area contributed by atoms with E-state index >= 15 is 0 Å². The number of para-hydroxylation sites is 1. The van der Waals surface area contributed by atoms with E-state index in [0.29, 0.717) is 11.3 Å². The van der Waals surface area contributed by atoms with Gasteiger partial charge in [-0.25, -0.2) is 4.57 Å². The van der Waals surface area contributed by atoms with Crippen LogP contribution in [0.1, 0.15) is 10.4 Å². The fourth-order valence-corrected chi connectivity index (χ4v) is 3.18. The highest BCUT2D eigenvalue weighted by molar-refractivity contribution is 7.71. The molecule has 0 bridgehead atoms. The number of hydrogen-bond acceptors (Lipinski definition) is 4. The molecule has 0 amide bonds. The largest absolute Gasteiger partial charge is 0.496 e. The minimum absolute atomic E-state index is 0.0624. The van der Waals surface area contributed by atoms with Crippen LogP contribution in [0, 0.1) is 4.77 Å². The monoisotopic (exact) mass is 380 g/mol. The third-order valence-corrected chi connectivity index (χ3v) is 4.26. The summed E-state index contributed by atoms with van der Waals surface area (Å²) < 4.78 is 5.97. The molecule has 0 fully saturated rings. The summed E-state index contributed by atoms with van der Waals surface area (Å²) in [7, 11) is 1.44. The Labute approximate surface area is 151 Å². The number of halogens is 2. The molecule has 5 nitrogen and oxygen atoms in total. The summed E-state index contributed by atoms with van der Waals surface area (Å²) in [5, 5.41) is 0.702. The highest BCUT2D eigenvalue weighted by Crippen LogP contribution is 2.25. The number of aromatic amines is 1. The molecule has 0 aliphatic rings. The molecule has 0 spiro atoms. The summed E-state index contributed by atoms with van der Waals surface area (Å²) in [4.78, 5) is 28.4. The maximum atomic E-state index is 12.8. The molecule has 0 saturated carbocycles. The van der Waals surface area contributed by atoms with E-state index < -0.39 is 11.5 Å². The number of carbonyl (C=O) groups excluding carboxylic acids is 1. The van der Waals surface area contributed by atoms with Gasteiger partial charge in [-0.3, -0.25) is 9.59 Å². The fourth-order valence-electron chi connectivity index (χ4n) is 2.37. The van der Waals surface area contributed by atoms with Crippen molar-refractivity contribution in [3.63, 3.8) is 0 Å². The normalized spacial score (nSPS) is 10.8. The molecule has 0 aliphatic heterocycles. The van der Waals surface area contributed by atoms with Crippen molar-refractivity contribution in [1.29, 1.82) is 0 Å². The van der Waals surface area contributed by atoms with Gasteiger partial charge < -0.3 is 9.72 Å². The molecule has 0 unspecified atom stereocenters. The smallest absolute Gasteiger partial charge is 0.270 e. The summed E-state index contributed by atoms with van der Waals surface area (Å²) >= 11 is 17.2. The molecule has 3 rings (SSSR count). The molecule has 122 valence electrons. The third-order valence-electron chi connectivity index (χ3n) is 3.46. The van der Waals surface area contributed by atoms with Crippen molar-refractivity contribution in [3.8, 4) is 5.75 Å². The molecule has 0 aliphatic carbocycles. The molecule has 1 aromatic heterocycles. The van der Waals surface area contributed by atoms with Gasteiger partial charge >= 0.3 is 0 Å². The average molecular weight is 381 g/mol. The predicted molar refractivity (Wildman–Crippen MR) is 96.1 cm³/mol. The zero-order chi connectivity index (χ0) is 17.4. The summed E-state index contributed by atoms with van der Waals surface area (Å²) in [5.41, 5.74) is -0.0525. The summed E-state index contributed by atoms with van der Waals surface area (Å²) in [6.45, 7) is 0. The Kier molecular flexibility index (Phi) is 4.45. The van der Waals surface area contributed by atoms with Gasteiger partial charge in [0.05, 0.1) is 28.6 Å². The number of carbonyl (C=O) groups is 1. The number of hydrogen-bond donors (Lipinski definition) is 1. The molecule has 8 heteroatoms. The summed E-state index contributed by atoms with van der Waals surface area (Å²) in [5.74, 6) is -0.260. The highest BCUT2D eigenvalue weighted by Gasteiger charge is 2.19. The fraction of sp³-hybridized carbons (Fsp3) is 0.0625. The molecule has 3 aromatic rings. The Bertz CT molecular complexity index is 1090. The molecule has 0 atom stereocenters. The van der Waals surface area contributed by atoms with Crippen molar-refractivity contribution in [1.82, 2.24) is 9.55 Å². The molecule has 2 aromatic carbocycles. The van der Waals surface area contributed by atoms with Crippen molar-refractivity contribution in [2.75, 3.05) is 7.11 Å². The van der Waals surface area contributed by atoms with Crippen LogP contribution in [0.5, 0.6) is 5.75 Å². The number of fused-ring (bicyclic) bond motifs is 1. The Morgan fingerprint density at radius 1 is 1.25 bits per heavy atom. The van der Waals surface area contributed by atoms with E-state index in [2.05, 4.69) is 4.98 Å². The van der Waals surface area contributed by atoms with Gasteiger partial charge in [0, 0.05) is 5.02 Å². The van der Waals surface area contributed by atoms with E-state index in [4.69, 9.17) is 40.2 Å². The Balaban J connectivity index is 2.33. The SMILES string of the molecule is COc1ccccc1C(=O)n1c(=S)[nH]c2c(Cl)cc(Cl)cc2c1=O. The highest BCUT2D eigenvalue weighted by atomic mass is 35.5. The second-order valence-electron chi connectivity index (χ2n) is 4.89. The number of H-pyrrole nitrogens is 1. The van der Waals surface area contributed by atoms with Gasteiger partial charge in [0.25, 0.3) is 11.5 Å². The van der Waals surface area contributed by atoms with Crippen LogP contribution < -0.4 is 10.3 Å². The number of nitrogens with one attached hydrogen (secondary N) is 1. The predicted octanol–water partition coefficient (Wildman–Crippen LogP) is 4.06. The van der Waals surface area contributed by atoms with Crippen LogP contribution in [-0.2, 0) is 0 Å². The molecule has 1 N–H and O–H groups in total. The first-order valence-electron chi connectivity index (χ1n) is 6.76. The van der Waals surface area contributed by atoms with Crippen LogP contribution in [0.4, 0.5) is 0 Å². The third kappa shape index (κ3) is 2.73. The second kappa shape index (κ2) is 6.39. The van der Waals surface area contributed by atoms with E-state index in [1.54, 1.807) is 24.3 Å². The van der Waals surface area contributed by atoms with E-state index in [1.807, 2.05) is 0 Å². The van der Waals surface area contributed by atoms with Crippen LogP contribution in [0.2, 0.25) is 10.0 Å². The lowest BCUT2D eigenvalue weighted by molar-refractivity contribution is 0.0950. The number of nitrogens with zero attached hydrogens (tertiary/aromatic N) is 1. The van der Waals surface area contributed by atoms with Crippen LogP contribution in [0.3, 0.4) is 0 Å². The van der Waals surface area contributed by atoms with Gasteiger partial charge in [-0.15, -0.1) is 0 Å². The molecular weight excluding hydrogens is 371 g/mol. The van der Waals surface area contributed by atoms with E-state index in [1.165, 1.54) is 19.2 Å². The molecule has 1 heterocycles. The number of ether oxygens (including phenoxy) is 1. The second-order valence-corrected chi connectivity index (χ2v) is 6.12. The maximum absolute atomic E-state index is 12.8. The van der Waals surface area contributed by atoms with Crippen LogP contribution in [-0.4, -0.2) is 22.6 Å². The zero-order valence-corrected chi connectivity index (χ0v) is 14.6. The van der Waals surface area contributed by atoms with E-state index in [-0.39, 0.29) is 25.8 Å². The van der Waals surface area contributed by atoms with Gasteiger partial charge in [0.1, 0.15) is 5.75 Å². The minimum Gasteiger partial charge on any atom is -0.496 e. The van der Waals surface area contributed by atoms with Crippen molar-refractivity contribution in [2.24, 2.45) is 0 Å². The molecule has 24 heavy (non-hydrogen) atoms. The number of methoxy groups -OCH3 is 1. The average Bonchev–Trinajstić information content (AvgIpc) is 2.56.